The van der Waals surface area contributed by atoms with Crippen LogP contribution in [0, 0.1) is 0 Å². The largest absolute Gasteiger partial charge is 0.339 e. The number of rotatable bonds is 10. The minimum atomic E-state index is -0.214. The second-order valence-electron chi connectivity index (χ2n) is 7.88. The Balaban J connectivity index is 1.63. The third kappa shape index (κ3) is 6.62. The predicted molar refractivity (Wildman–Crippen MR) is 135 cm³/mol. The molecule has 1 aromatic heterocycles. The number of hydrogen-bond donors (Lipinski definition) is 1. The Hall–Kier alpha value is -2.77. The van der Waals surface area contributed by atoms with Crippen molar-refractivity contribution in [2.75, 3.05) is 11.9 Å². The SMILES string of the molecule is CC[C@@H](C(=O)N(CCC(=O)Nc1nnc(-c2ccc(Cl)cc2)s1)[C@@H](C)CC)c1ccccc1. The van der Waals surface area contributed by atoms with Crippen LogP contribution in [0.2, 0.25) is 5.02 Å². The maximum absolute atomic E-state index is 13.4. The Labute approximate surface area is 204 Å². The summed E-state index contributed by atoms with van der Waals surface area (Å²) < 4.78 is 0. The zero-order valence-corrected chi connectivity index (χ0v) is 20.7. The van der Waals surface area contributed by atoms with Crippen molar-refractivity contribution in [3.63, 3.8) is 0 Å². The zero-order valence-electron chi connectivity index (χ0n) is 19.1. The summed E-state index contributed by atoms with van der Waals surface area (Å²) in [6, 6.07) is 17.2. The molecule has 1 heterocycles. The summed E-state index contributed by atoms with van der Waals surface area (Å²) in [6.45, 7) is 6.45. The lowest BCUT2D eigenvalue weighted by Crippen LogP contribution is -2.42. The molecule has 0 spiro atoms. The van der Waals surface area contributed by atoms with Gasteiger partial charge in [0.25, 0.3) is 0 Å². The van der Waals surface area contributed by atoms with Crippen LogP contribution in [0.1, 0.15) is 51.5 Å². The molecule has 0 saturated carbocycles. The van der Waals surface area contributed by atoms with Gasteiger partial charge in [0.2, 0.25) is 16.9 Å². The van der Waals surface area contributed by atoms with Crippen molar-refractivity contribution in [3.8, 4) is 10.6 Å². The first-order chi connectivity index (χ1) is 15.9. The molecule has 0 unspecified atom stereocenters. The summed E-state index contributed by atoms with van der Waals surface area (Å²) in [5, 5.41) is 12.8. The van der Waals surface area contributed by atoms with E-state index < -0.39 is 0 Å². The maximum atomic E-state index is 13.4. The Kier molecular flexibility index (Phi) is 8.97. The highest BCUT2D eigenvalue weighted by Crippen LogP contribution is 2.28. The average Bonchev–Trinajstić information content (AvgIpc) is 3.29. The Morgan fingerprint density at radius 3 is 2.36 bits per heavy atom. The van der Waals surface area contributed by atoms with Crippen molar-refractivity contribution >= 4 is 39.9 Å². The van der Waals surface area contributed by atoms with E-state index in [0.717, 1.165) is 17.5 Å². The monoisotopic (exact) mass is 484 g/mol. The van der Waals surface area contributed by atoms with Crippen LogP contribution in [-0.2, 0) is 9.59 Å². The highest BCUT2D eigenvalue weighted by molar-refractivity contribution is 7.18. The fourth-order valence-corrected chi connectivity index (χ4v) is 4.48. The number of benzene rings is 2. The molecule has 0 radical (unpaired) electrons. The van der Waals surface area contributed by atoms with E-state index in [1.165, 1.54) is 11.3 Å². The minimum Gasteiger partial charge on any atom is -0.339 e. The molecule has 0 aliphatic rings. The molecule has 2 atom stereocenters. The molecule has 0 bridgehead atoms. The van der Waals surface area contributed by atoms with Gasteiger partial charge in [-0.2, -0.15) is 0 Å². The van der Waals surface area contributed by atoms with E-state index in [4.69, 9.17) is 11.6 Å². The molecule has 2 aromatic carbocycles. The number of amides is 2. The summed E-state index contributed by atoms with van der Waals surface area (Å²) in [6.07, 6.45) is 1.72. The van der Waals surface area contributed by atoms with Crippen LogP contribution in [0.15, 0.2) is 54.6 Å². The zero-order chi connectivity index (χ0) is 23.8. The lowest BCUT2D eigenvalue weighted by molar-refractivity contribution is -0.135. The normalized spacial score (nSPS) is 12.7. The molecule has 1 N–H and O–H groups in total. The van der Waals surface area contributed by atoms with Gasteiger partial charge in [0, 0.05) is 29.6 Å². The van der Waals surface area contributed by atoms with Crippen LogP contribution in [0.3, 0.4) is 0 Å². The second-order valence-corrected chi connectivity index (χ2v) is 9.29. The number of nitrogens with zero attached hydrogens (tertiary/aromatic N) is 3. The van der Waals surface area contributed by atoms with Crippen molar-refractivity contribution in [1.29, 1.82) is 0 Å². The molecule has 0 fully saturated rings. The van der Waals surface area contributed by atoms with Crippen molar-refractivity contribution < 1.29 is 9.59 Å². The molecule has 6 nitrogen and oxygen atoms in total. The van der Waals surface area contributed by atoms with Gasteiger partial charge in [-0.25, -0.2) is 0 Å². The third-order valence-electron chi connectivity index (χ3n) is 5.66. The topological polar surface area (TPSA) is 75.2 Å². The Morgan fingerprint density at radius 1 is 1.03 bits per heavy atom. The lowest BCUT2D eigenvalue weighted by Gasteiger charge is -2.32. The van der Waals surface area contributed by atoms with E-state index in [-0.39, 0.29) is 30.2 Å². The number of carbonyl (C=O) groups is 2. The average molecular weight is 485 g/mol. The van der Waals surface area contributed by atoms with E-state index in [0.29, 0.717) is 28.1 Å². The second kappa shape index (κ2) is 11.9. The quantitative estimate of drug-likeness (QED) is 0.382. The van der Waals surface area contributed by atoms with Crippen LogP contribution in [0.25, 0.3) is 10.6 Å². The summed E-state index contributed by atoms with van der Waals surface area (Å²) >= 11 is 7.23. The molecule has 8 heteroatoms. The number of nitrogens with one attached hydrogen (secondary N) is 1. The Morgan fingerprint density at radius 2 is 1.73 bits per heavy atom. The van der Waals surface area contributed by atoms with E-state index in [1.54, 1.807) is 12.1 Å². The van der Waals surface area contributed by atoms with Crippen molar-refractivity contribution in [1.82, 2.24) is 15.1 Å². The highest BCUT2D eigenvalue weighted by Gasteiger charge is 2.27. The smallest absolute Gasteiger partial charge is 0.230 e. The number of anilines is 1. The number of aromatic nitrogens is 2. The molecule has 3 aromatic rings. The van der Waals surface area contributed by atoms with E-state index in [2.05, 4.69) is 15.5 Å². The summed E-state index contributed by atoms with van der Waals surface area (Å²) in [5.41, 5.74) is 1.89. The van der Waals surface area contributed by atoms with Gasteiger partial charge in [-0.15, -0.1) is 10.2 Å². The Bertz CT molecular complexity index is 1060. The minimum absolute atomic E-state index is 0.0427. The van der Waals surface area contributed by atoms with E-state index in [1.807, 2.05) is 68.1 Å². The first-order valence-corrected chi connectivity index (χ1v) is 12.4. The van der Waals surface area contributed by atoms with Crippen LogP contribution < -0.4 is 5.32 Å². The highest BCUT2D eigenvalue weighted by atomic mass is 35.5. The van der Waals surface area contributed by atoms with Crippen LogP contribution in [0.5, 0.6) is 0 Å². The van der Waals surface area contributed by atoms with Gasteiger partial charge in [-0.3, -0.25) is 9.59 Å². The first-order valence-electron chi connectivity index (χ1n) is 11.2. The lowest BCUT2D eigenvalue weighted by atomic mass is 9.94. The van der Waals surface area contributed by atoms with Gasteiger partial charge in [-0.05, 0) is 37.5 Å². The molecule has 3 rings (SSSR count). The van der Waals surface area contributed by atoms with Gasteiger partial charge < -0.3 is 10.2 Å². The molecule has 0 saturated heterocycles. The van der Waals surface area contributed by atoms with Crippen LogP contribution >= 0.6 is 22.9 Å². The van der Waals surface area contributed by atoms with E-state index in [9.17, 15) is 9.59 Å². The van der Waals surface area contributed by atoms with Crippen molar-refractivity contribution in [2.45, 2.75) is 52.0 Å². The summed E-state index contributed by atoms with van der Waals surface area (Å²) in [4.78, 5) is 27.9. The number of halogens is 1. The molecule has 33 heavy (non-hydrogen) atoms. The van der Waals surface area contributed by atoms with Gasteiger partial charge in [-0.1, -0.05) is 79.2 Å². The first kappa shape index (κ1) is 24.9. The maximum Gasteiger partial charge on any atom is 0.230 e. The van der Waals surface area contributed by atoms with Gasteiger partial charge in [0.1, 0.15) is 5.01 Å². The van der Waals surface area contributed by atoms with Crippen molar-refractivity contribution in [3.05, 3.63) is 65.2 Å². The van der Waals surface area contributed by atoms with Crippen LogP contribution in [0.4, 0.5) is 5.13 Å². The summed E-state index contributed by atoms with van der Waals surface area (Å²) in [7, 11) is 0. The standard InChI is InChI=1S/C25H29ClN4O2S/c1-4-17(3)30(24(32)21(5-2)18-9-7-6-8-10-18)16-15-22(31)27-25-29-28-23(33-25)19-11-13-20(26)14-12-19/h6-14,17,21H,4-5,15-16H2,1-3H3,(H,27,29,31)/t17-,21+/m0/s1. The molecule has 0 aliphatic heterocycles. The molecule has 0 aliphatic carbocycles. The van der Waals surface area contributed by atoms with Gasteiger partial charge in [0.15, 0.2) is 0 Å². The van der Waals surface area contributed by atoms with Crippen LogP contribution in [-0.4, -0.2) is 39.5 Å². The van der Waals surface area contributed by atoms with E-state index >= 15 is 0 Å². The molecule has 174 valence electrons. The third-order valence-corrected chi connectivity index (χ3v) is 6.80. The molecule has 2 amide bonds. The fourth-order valence-electron chi connectivity index (χ4n) is 3.59. The van der Waals surface area contributed by atoms with Gasteiger partial charge in [0.05, 0.1) is 5.92 Å². The molecular weight excluding hydrogens is 456 g/mol. The van der Waals surface area contributed by atoms with Gasteiger partial charge >= 0.3 is 0 Å². The number of carbonyl (C=O) groups excluding carboxylic acids is 2. The molecular formula is C25H29ClN4O2S. The number of hydrogen-bond acceptors (Lipinski definition) is 5. The summed E-state index contributed by atoms with van der Waals surface area (Å²) in [5.74, 6) is -0.345. The fraction of sp³-hybridized carbons (Fsp3) is 0.360. The predicted octanol–water partition coefficient (Wildman–Crippen LogP) is 6.01. The van der Waals surface area contributed by atoms with Crippen molar-refractivity contribution in [2.24, 2.45) is 0 Å².